The van der Waals surface area contributed by atoms with Crippen LogP contribution in [0, 0.1) is 6.92 Å². The molecule has 0 fully saturated rings. The third kappa shape index (κ3) is 3.79. The highest BCUT2D eigenvalue weighted by molar-refractivity contribution is 5.94. The molecule has 0 aliphatic rings. The van der Waals surface area contributed by atoms with Crippen LogP contribution in [0.15, 0.2) is 18.2 Å². The SMILES string of the molecule is CNC(=O)CCNc1ccc(C)cc1C(=O)O. The van der Waals surface area contributed by atoms with Crippen molar-refractivity contribution >= 4 is 17.6 Å². The molecule has 5 heteroatoms. The largest absolute Gasteiger partial charge is 0.478 e. The molecule has 0 saturated heterocycles. The Balaban J connectivity index is 2.70. The lowest BCUT2D eigenvalue weighted by molar-refractivity contribution is -0.120. The fraction of sp³-hybridized carbons (Fsp3) is 0.333. The van der Waals surface area contributed by atoms with E-state index in [1.54, 1.807) is 19.2 Å². The van der Waals surface area contributed by atoms with Crippen LogP contribution in [0.25, 0.3) is 0 Å². The molecule has 5 nitrogen and oxygen atoms in total. The van der Waals surface area contributed by atoms with Gasteiger partial charge in [0.1, 0.15) is 0 Å². The van der Waals surface area contributed by atoms with Crippen molar-refractivity contribution in [3.05, 3.63) is 29.3 Å². The van der Waals surface area contributed by atoms with Gasteiger partial charge in [0.05, 0.1) is 5.56 Å². The first-order chi connectivity index (χ1) is 8.04. The van der Waals surface area contributed by atoms with Crippen molar-refractivity contribution in [3.63, 3.8) is 0 Å². The number of hydrogen-bond acceptors (Lipinski definition) is 3. The molecule has 1 amide bonds. The minimum absolute atomic E-state index is 0.0820. The van der Waals surface area contributed by atoms with Crippen molar-refractivity contribution in [2.24, 2.45) is 0 Å². The molecule has 0 aliphatic heterocycles. The van der Waals surface area contributed by atoms with E-state index < -0.39 is 5.97 Å². The van der Waals surface area contributed by atoms with Gasteiger partial charge in [0.15, 0.2) is 0 Å². The highest BCUT2D eigenvalue weighted by Crippen LogP contribution is 2.17. The van der Waals surface area contributed by atoms with Crippen LogP contribution in [0.1, 0.15) is 22.3 Å². The molecule has 17 heavy (non-hydrogen) atoms. The van der Waals surface area contributed by atoms with Gasteiger partial charge in [-0.1, -0.05) is 11.6 Å². The lowest BCUT2D eigenvalue weighted by Crippen LogP contribution is -2.21. The zero-order chi connectivity index (χ0) is 12.8. The smallest absolute Gasteiger partial charge is 0.337 e. The summed E-state index contributed by atoms with van der Waals surface area (Å²) in [6.07, 6.45) is 0.309. The van der Waals surface area contributed by atoms with Gasteiger partial charge in [-0.3, -0.25) is 4.79 Å². The van der Waals surface area contributed by atoms with Crippen molar-refractivity contribution in [1.82, 2.24) is 5.32 Å². The number of amides is 1. The number of anilines is 1. The second kappa shape index (κ2) is 5.89. The van der Waals surface area contributed by atoms with E-state index in [2.05, 4.69) is 10.6 Å². The summed E-state index contributed by atoms with van der Waals surface area (Å²) in [6.45, 7) is 2.24. The Bertz CT molecular complexity index is 430. The summed E-state index contributed by atoms with van der Waals surface area (Å²) >= 11 is 0. The predicted octanol–water partition coefficient (Wildman–Crippen LogP) is 1.24. The molecule has 0 unspecified atom stereocenters. The van der Waals surface area contributed by atoms with Crippen LogP contribution in [0.2, 0.25) is 0 Å². The van der Waals surface area contributed by atoms with Gasteiger partial charge in [0.2, 0.25) is 5.91 Å². The van der Waals surface area contributed by atoms with E-state index in [-0.39, 0.29) is 11.5 Å². The molecule has 0 bridgehead atoms. The van der Waals surface area contributed by atoms with E-state index in [9.17, 15) is 9.59 Å². The zero-order valence-electron chi connectivity index (χ0n) is 9.91. The predicted molar refractivity (Wildman–Crippen MR) is 65.3 cm³/mol. The summed E-state index contributed by atoms with van der Waals surface area (Å²) in [5.74, 6) is -1.06. The molecular formula is C12H16N2O3. The van der Waals surface area contributed by atoms with E-state index in [4.69, 9.17) is 5.11 Å². The molecule has 0 aliphatic carbocycles. The van der Waals surface area contributed by atoms with Crippen molar-refractivity contribution < 1.29 is 14.7 Å². The van der Waals surface area contributed by atoms with Crippen LogP contribution in [-0.4, -0.2) is 30.6 Å². The number of aromatic carboxylic acids is 1. The molecular weight excluding hydrogens is 220 g/mol. The second-order valence-corrected chi connectivity index (χ2v) is 3.70. The molecule has 1 aromatic rings. The molecule has 1 aromatic carbocycles. The first-order valence-electron chi connectivity index (χ1n) is 5.33. The Hall–Kier alpha value is -2.04. The Morgan fingerprint density at radius 1 is 1.35 bits per heavy atom. The van der Waals surface area contributed by atoms with Crippen LogP contribution < -0.4 is 10.6 Å². The maximum absolute atomic E-state index is 11.0. The number of nitrogens with one attached hydrogen (secondary N) is 2. The summed E-state index contributed by atoms with van der Waals surface area (Å²) < 4.78 is 0. The van der Waals surface area contributed by atoms with Crippen LogP contribution in [0.3, 0.4) is 0 Å². The standard InChI is InChI=1S/C12H16N2O3/c1-8-3-4-10(9(7-8)12(16)17)14-6-5-11(15)13-2/h3-4,7,14H,5-6H2,1-2H3,(H,13,15)(H,16,17). The van der Waals surface area contributed by atoms with Crippen molar-refractivity contribution in [2.75, 3.05) is 18.9 Å². The second-order valence-electron chi connectivity index (χ2n) is 3.70. The number of carboxylic acid groups (broad SMARTS) is 1. The van der Waals surface area contributed by atoms with E-state index in [1.165, 1.54) is 0 Å². The van der Waals surface area contributed by atoms with E-state index in [1.807, 2.05) is 13.0 Å². The van der Waals surface area contributed by atoms with Gasteiger partial charge in [-0.05, 0) is 19.1 Å². The molecule has 3 N–H and O–H groups in total. The van der Waals surface area contributed by atoms with Crippen LogP contribution in [-0.2, 0) is 4.79 Å². The maximum atomic E-state index is 11.0. The lowest BCUT2D eigenvalue weighted by atomic mass is 10.1. The van der Waals surface area contributed by atoms with Crippen LogP contribution >= 0.6 is 0 Å². The third-order valence-electron chi connectivity index (χ3n) is 2.35. The molecule has 0 aromatic heterocycles. The number of aryl methyl sites for hydroxylation is 1. The van der Waals surface area contributed by atoms with Crippen molar-refractivity contribution in [2.45, 2.75) is 13.3 Å². The number of carboxylic acids is 1. The molecule has 1 rings (SSSR count). The first-order valence-corrected chi connectivity index (χ1v) is 5.33. The normalized spacial score (nSPS) is 9.76. The van der Waals surface area contributed by atoms with Crippen molar-refractivity contribution in [1.29, 1.82) is 0 Å². The average molecular weight is 236 g/mol. The summed E-state index contributed by atoms with van der Waals surface area (Å²) in [4.78, 5) is 22.0. The summed E-state index contributed by atoms with van der Waals surface area (Å²) in [5.41, 5.74) is 1.65. The van der Waals surface area contributed by atoms with Gasteiger partial charge in [-0.2, -0.15) is 0 Å². The summed E-state index contributed by atoms with van der Waals surface area (Å²) in [5, 5.41) is 14.5. The van der Waals surface area contributed by atoms with E-state index in [0.29, 0.717) is 18.7 Å². The number of carbonyl (C=O) groups is 2. The fourth-order valence-corrected chi connectivity index (χ4v) is 1.42. The molecule has 92 valence electrons. The first kappa shape index (κ1) is 13.0. The van der Waals surface area contributed by atoms with Gasteiger partial charge in [-0.15, -0.1) is 0 Å². The van der Waals surface area contributed by atoms with E-state index in [0.717, 1.165) is 5.56 Å². The number of rotatable bonds is 5. The topological polar surface area (TPSA) is 78.4 Å². The summed E-state index contributed by atoms with van der Waals surface area (Å²) in [7, 11) is 1.57. The van der Waals surface area contributed by atoms with Gasteiger partial charge >= 0.3 is 5.97 Å². The molecule has 0 radical (unpaired) electrons. The summed E-state index contributed by atoms with van der Waals surface area (Å²) in [6, 6.07) is 5.14. The lowest BCUT2D eigenvalue weighted by Gasteiger charge is -2.09. The minimum atomic E-state index is -0.976. The zero-order valence-corrected chi connectivity index (χ0v) is 9.91. The van der Waals surface area contributed by atoms with Crippen LogP contribution in [0.5, 0.6) is 0 Å². The van der Waals surface area contributed by atoms with E-state index >= 15 is 0 Å². The van der Waals surface area contributed by atoms with Gasteiger partial charge in [0.25, 0.3) is 0 Å². The number of carbonyl (C=O) groups excluding carboxylic acids is 1. The van der Waals surface area contributed by atoms with Gasteiger partial charge in [0, 0.05) is 25.7 Å². The molecule has 0 saturated carbocycles. The Labute approximate surface area is 99.8 Å². The third-order valence-corrected chi connectivity index (χ3v) is 2.35. The number of hydrogen-bond donors (Lipinski definition) is 3. The highest BCUT2D eigenvalue weighted by atomic mass is 16.4. The average Bonchev–Trinajstić information content (AvgIpc) is 2.30. The fourth-order valence-electron chi connectivity index (χ4n) is 1.42. The Morgan fingerprint density at radius 3 is 2.65 bits per heavy atom. The molecule has 0 heterocycles. The van der Waals surface area contributed by atoms with Crippen LogP contribution in [0.4, 0.5) is 5.69 Å². The Kier molecular flexibility index (Phi) is 4.51. The number of benzene rings is 1. The minimum Gasteiger partial charge on any atom is -0.478 e. The van der Waals surface area contributed by atoms with Gasteiger partial charge < -0.3 is 15.7 Å². The van der Waals surface area contributed by atoms with Crippen molar-refractivity contribution in [3.8, 4) is 0 Å². The molecule has 0 atom stereocenters. The highest BCUT2D eigenvalue weighted by Gasteiger charge is 2.09. The molecule has 0 spiro atoms. The Morgan fingerprint density at radius 2 is 2.06 bits per heavy atom. The van der Waals surface area contributed by atoms with Gasteiger partial charge in [-0.25, -0.2) is 4.79 Å². The quantitative estimate of drug-likeness (QED) is 0.718. The monoisotopic (exact) mass is 236 g/mol. The maximum Gasteiger partial charge on any atom is 0.337 e.